The number of nitrogens with one attached hydrogen (secondary N) is 1. The molecule has 0 bridgehead atoms. The molecule has 5 amide bonds. The Labute approximate surface area is 127 Å². The highest BCUT2D eigenvalue weighted by Gasteiger charge is 2.44. The highest BCUT2D eigenvalue weighted by Crippen LogP contribution is 2.13. The fourth-order valence-electron chi connectivity index (χ4n) is 2.22. The van der Waals surface area contributed by atoms with Crippen LogP contribution in [-0.4, -0.2) is 46.6 Å². The minimum atomic E-state index is -0.964. The molecular formula is C15H17N3O4. The van der Waals surface area contributed by atoms with E-state index in [9.17, 15) is 19.2 Å². The molecule has 0 radical (unpaired) electrons. The van der Waals surface area contributed by atoms with E-state index >= 15 is 0 Å². The lowest BCUT2D eigenvalue weighted by Crippen LogP contribution is -2.42. The summed E-state index contributed by atoms with van der Waals surface area (Å²) in [5.74, 6) is -2.35. The van der Waals surface area contributed by atoms with Gasteiger partial charge in [0.15, 0.2) is 0 Å². The summed E-state index contributed by atoms with van der Waals surface area (Å²) in [7, 11) is 0. The Morgan fingerprint density at radius 1 is 1.09 bits per heavy atom. The Kier molecular flexibility index (Phi) is 4.55. The molecule has 1 aromatic rings. The third-order valence-corrected chi connectivity index (χ3v) is 3.43. The molecule has 0 spiro atoms. The third-order valence-electron chi connectivity index (χ3n) is 3.43. The van der Waals surface area contributed by atoms with Gasteiger partial charge in [0.2, 0.25) is 5.91 Å². The number of hydrogen-bond donors (Lipinski definition) is 1. The van der Waals surface area contributed by atoms with Crippen molar-refractivity contribution >= 4 is 23.8 Å². The summed E-state index contributed by atoms with van der Waals surface area (Å²) in [5, 5.41) is 2.70. The van der Waals surface area contributed by atoms with Crippen molar-refractivity contribution in [2.24, 2.45) is 0 Å². The molecule has 1 aromatic carbocycles. The summed E-state index contributed by atoms with van der Waals surface area (Å²) in [5.41, 5.74) is 0.904. The Balaban J connectivity index is 1.99. The van der Waals surface area contributed by atoms with Crippen molar-refractivity contribution in [1.29, 1.82) is 0 Å². The lowest BCUT2D eigenvalue weighted by atomic mass is 10.1. The van der Waals surface area contributed by atoms with Gasteiger partial charge in [-0.1, -0.05) is 30.3 Å². The first-order chi connectivity index (χ1) is 10.5. The molecule has 1 fully saturated rings. The summed E-state index contributed by atoms with van der Waals surface area (Å²) in [6.45, 7) is 3.02. The highest BCUT2D eigenvalue weighted by molar-refractivity contribution is 6.45. The van der Waals surface area contributed by atoms with Crippen molar-refractivity contribution in [1.82, 2.24) is 15.1 Å². The van der Waals surface area contributed by atoms with E-state index in [1.807, 2.05) is 30.3 Å². The largest absolute Gasteiger partial charge is 0.348 e. The Morgan fingerprint density at radius 2 is 1.68 bits per heavy atom. The molecule has 0 saturated carbocycles. The SMILES string of the molecule is CCN1C(=O)C(=O)N(CC(=O)N[C@@H](C)c2ccccc2)C1=O. The number of rotatable bonds is 5. The average molecular weight is 303 g/mol. The van der Waals surface area contributed by atoms with E-state index in [1.54, 1.807) is 13.8 Å². The summed E-state index contributed by atoms with van der Waals surface area (Å²) in [4.78, 5) is 48.6. The predicted octanol–water partition coefficient (Wildman–Crippen LogP) is 0.675. The number of nitrogens with zero attached hydrogens (tertiary/aromatic N) is 2. The van der Waals surface area contributed by atoms with Gasteiger partial charge in [0.1, 0.15) is 6.54 Å². The number of imide groups is 2. The van der Waals surface area contributed by atoms with Gasteiger partial charge in [-0.15, -0.1) is 0 Å². The number of urea groups is 1. The van der Waals surface area contributed by atoms with Crippen LogP contribution in [0.5, 0.6) is 0 Å². The number of amides is 5. The maximum Gasteiger partial charge on any atom is 0.334 e. The van der Waals surface area contributed by atoms with Crippen LogP contribution < -0.4 is 5.32 Å². The van der Waals surface area contributed by atoms with Crippen molar-refractivity contribution < 1.29 is 19.2 Å². The van der Waals surface area contributed by atoms with Gasteiger partial charge < -0.3 is 5.32 Å². The number of carbonyl (C=O) groups is 4. The van der Waals surface area contributed by atoms with Crippen LogP contribution in [0.2, 0.25) is 0 Å². The molecule has 7 heteroatoms. The van der Waals surface area contributed by atoms with Crippen molar-refractivity contribution in [2.75, 3.05) is 13.1 Å². The standard InChI is InChI=1S/C15H17N3O4/c1-3-17-13(20)14(21)18(15(17)22)9-12(19)16-10(2)11-7-5-4-6-8-11/h4-8,10H,3,9H2,1-2H3,(H,16,19)/t10-/m0/s1. The number of hydrogen-bond acceptors (Lipinski definition) is 4. The van der Waals surface area contributed by atoms with Crippen molar-refractivity contribution in [2.45, 2.75) is 19.9 Å². The number of benzene rings is 1. The summed E-state index contributed by atoms with van der Waals surface area (Å²) in [6.07, 6.45) is 0. The first-order valence-electron chi connectivity index (χ1n) is 6.97. The minimum absolute atomic E-state index is 0.0992. The van der Waals surface area contributed by atoms with E-state index in [1.165, 1.54) is 0 Å². The number of carbonyl (C=O) groups excluding carboxylic acids is 4. The van der Waals surface area contributed by atoms with E-state index in [0.717, 1.165) is 10.5 Å². The Morgan fingerprint density at radius 3 is 2.23 bits per heavy atom. The monoisotopic (exact) mass is 303 g/mol. The lowest BCUT2D eigenvalue weighted by Gasteiger charge is -2.17. The normalized spacial score (nSPS) is 16.2. The van der Waals surface area contributed by atoms with E-state index in [4.69, 9.17) is 0 Å². The Bertz CT molecular complexity index is 614. The van der Waals surface area contributed by atoms with Crippen LogP contribution in [0.25, 0.3) is 0 Å². The van der Waals surface area contributed by atoms with E-state index in [2.05, 4.69) is 5.32 Å². The molecule has 0 unspecified atom stereocenters. The van der Waals surface area contributed by atoms with Gasteiger partial charge in [-0.2, -0.15) is 0 Å². The van der Waals surface area contributed by atoms with Crippen molar-refractivity contribution in [3.63, 3.8) is 0 Å². The predicted molar refractivity (Wildman–Crippen MR) is 77.5 cm³/mol. The van der Waals surface area contributed by atoms with Crippen molar-refractivity contribution in [3.8, 4) is 0 Å². The van der Waals surface area contributed by atoms with Crippen LogP contribution in [0.4, 0.5) is 4.79 Å². The van der Waals surface area contributed by atoms with Crippen LogP contribution in [0.1, 0.15) is 25.5 Å². The van der Waals surface area contributed by atoms with Gasteiger partial charge in [-0.3, -0.25) is 19.3 Å². The van der Waals surface area contributed by atoms with E-state index < -0.39 is 30.3 Å². The highest BCUT2D eigenvalue weighted by atomic mass is 16.2. The molecule has 0 aliphatic carbocycles. The average Bonchev–Trinajstić information content (AvgIpc) is 2.71. The third kappa shape index (κ3) is 2.98. The zero-order valence-corrected chi connectivity index (χ0v) is 12.4. The second-order valence-electron chi connectivity index (χ2n) is 4.92. The maximum absolute atomic E-state index is 12.0. The fraction of sp³-hybridized carbons (Fsp3) is 0.333. The second-order valence-corrected chi connectivity index (χ2v) is 4.92. The molecule has 1 aliphatic rings. The molecule has 1 saturated heterocycles. The smallest absolute Gasteiger partial charge is 0.334 e. The van der Waals surface area contributed by atoms with Gasteiger partial charge in [0, 0.05) is 6.54 Å². The van der Waals surface area contributed by atoms with Gasteiger partial charge >= 0.3 is 17.8 Å². The topological polar surface area (TPSA) is 86.8 Å². The zero-order valence-electron chi connectivity index (χ0n) is 12.4. The minimum Gasteiger partial charge on any atom is -0.348 e. The summed E-state index contributed by atoms with van der Waals surface area (Å²) < 4.78 is 0. The quantitative estimate of drug-likeness (QED) is 0.640. The molecule has 2 rings (SSSR count). The zero-order chi connectivity index (χ0) is 16.3. The van der Waals surface area contributed by atoms with Crippen LogP contribution >= 0.6 is 0 Å². The fourth-order valence-corrected chi connectivity index (χ4v) is 2.22. The molecule has 1 heterocycles. The van der Waals surface area contributed by atoms with Gasteiger partial charge in [0.25, 0.3) is 0 Å². The second kappa shape index (κ2) is 6.38. The molecule has 1 aliphatic heterocycles. The van der Waals surface area contributed by atoms with Crippen LogP contribution in [0, 0.1) is 0 Å². The first-order valence-corrected chi connectivity index (χ1v) is 6.97. The number of likely N-dealkylation sites (N-methyl/N-ethyl adjacent to an activating group) is 1. The molecule has 0 aromatic heterocycles. The van der Waals surface area contributed by atoms with Crippen LogP contribution in [-0.2, 0) is 14.4 Å². The molecule has 22 heavy (non-hydrogen) atoms. The first kappa shape index (κ1) is 15.7. The van der Waals surface area contributed by atoms with Crippen molar-refractivity contribution in [3.05, 3.63) is 35.9 Å². The maximum atomic E-state index is 12.0. The van der Waals surface area contributed by atoms with E-state index in [0.29, 0.717) is 4.90 Å². The van der Waals surface area contributed by atoms with Gasteiger partial charge in [-0.05, 0) is 19.4 Å². The summed E-state index contributed by atoms with van der Waals surface area (Å²) in [6, 6.07) is 8.27. The molecule has 7 nitrogen and oxygen atoms in total. The molecule has 1 atom stereocenters. The molecular weight excluding hydrogens is 286 g/mol. The van der Waals surface area contributed by atoms with E-state index in [-0.39, 0.29) is 12.6 Å². The lowest BCUT2D eigenvalue weighted by molar-refractivity contribution is -0.144. The van der Waals surface area contributed by atoms with Gasteiger partial charge in [0.05, 0.1) is 6.04 Å². The van der Waals surface area contributed by atoms with Crippen LogP contribution in [0.15, 0.2) is 30.3 Å². The molecule has 116 valence electrons. The summed E-state index contributed by atoms with van der Waals surface area (Å²) >= 11 is 0. The van der Waals surface area contributed by atoms with Gasteiger partial charge in [-0.25, -0.2) is 9.69 Å². The van der Waals surface area contributed by atoms with Crippen LogP contribution in [0.3, 0.4) is 0 Å². The Hall–Kier alpha value is -2.70. The molecule has 1 N–H and O–H groups in total.